The van der Waals surface area contributed by atoms with Crippen molar-refractivity contribution in [3.05, 3.63) is 59.1 Å². The Bertz CT molecular complexity index is 658. The van der Waals surface area contributed by atoms with Crippen molar-refractivity contribution >= 4 is 17.5 Å². The molecule has 0 unspecified atom stereocenters. The average Bonchev–Trinajstić information content (AvgIpc) is 2.59. The van der Waals surface area contributed by atoms with Gasteiger partial charge in [-0.3, -0.25) is 4.79 Å². The highest BCUT2D eigenvalue weighted by Crippen LogP contribution is 2.18. The molecule has 0 aliphatic rings. The summed E-state index contributed by atoms with van der Waals surface area (Å²) in [5, 5.41) is 0.668. The number of nitrogens with zero attached hydrogens (tertiary/aromatic N) is 1. The maximum Gasteiger partial charge on any atom is 0.260 e. The van der Waals surface area contributed by atoms with Gasteiger partial charge in [0, 0.05) is 18.1 Å². The lowest BCUT2D eigenvalue weighted by atomic mass is 10.2. The fourth-order valence-corrected chi connectivity index (χ4v) is 2.48. The van der Waals surface area contributed by atoms with Crippen molar-refractivity contribution < 1.29 is 14.3 Å². The number of halogens is 1. The number of hydrogen-bond acceptors (Lipinski definition) is 3. The van der Waals surface area contributed by atoms with Gasteiger partial charge in [-0.05, 0) is 55.8 Å². The van der Waals surface area contributed by atoms with Crippen LogP contribution in [-0.2, 0) is 11.3 Å². The van der Waals surface area contributed by atoms with Gasteiger partial charge in [-0.2, -0.15) is 0 Å². The molecule has 0 aliphatic heterocycles. The Labute approximate surface area is 147 Å². The number of carbonyl (C=O) groups excluding carboxylic acids is 1. The number of benzene rings is 2. The van der Waals surface area contributed by atoms with E-state index in [0.29, 0.717) is 30.5 Å². The maximum atomic E-state index is 12.3. The number of ether oxygens (including phenoxy) is 2. The van der Waals surface area contributed by atoms with Gasteiger partial charge in [0.25, 0.3) is 5.91 Å². The normalized spacial score (nSPS) is 10.3. The van der Waals surface area contributed by atoms with Gasteiger partial charge < -0.3 is 14.4 Å². The maximum absolute atomic E-state index is 12.3. The van der Waals surface area contributed by atoms with Crippen LogP contribution in [0.4, 0.5) is 0 Å². The third-order valence-electron chi connectivity index (χ3n) is 3.49. The second-order valence-corrected chi connectivity index (χ2v) is 5.67. The zero-order valence-corrected chi connectivity index (χ0v) is 14.8. The molecule has 0 saturated carbocycles. The predicted octanol–water partition coefficient (Wildman–Crippen LogP) is 4.17. The second-order valence-electron chi connectivity index (χ2n) is 5.23. The number of hydrogen-bond donors (Lipinski definition) is 0. The first kappa shape index (κ1) is 18.1. The Kier molecular flexibility index (Phi) is 6.94. The van der Waals surface area contributed by atoms with Gasteiger partial charge >= 0.3 is 0 Å². The van der Waals surface area contributed by atoms with Crippen molar-refractivity contribution in [3.8, 4) is 11.5 Å². The van der Waals surface area contributed by atoms with Gasteiger partial charge in [0.1, 0.15) is 11.5 Å². The smallest absolute Gasteiger partial charge is 0.260 e. The summed E-state index contributed by atoms with van der Waals surface area (Å²) in [5.41, 5.74) is 0.999. The molecule has 0 saturated heterocycles. The monoisotopic (exact) mass is 347 g/mol. The lowest BCUT2D eigenvalue weighted by Gasteiger charge is -2.21. The molecule has 4 nitrogen and oxygen atoms in total. The number of likely N-dealkylation sites (N-methyl/N-ethyl adjacent to an activating group) is 1. The van der Waals surface area contributed by atoms with Crippen molar-refractivity contribution in [1.29, 1.82) is 0 Å². The molecule has 1 amide bonds. The summed E-state index contributed by atoms with van der Waals surface area (Å²) in [6.07, 6.45) is 0. The SMILES string of the molecule is CCOc1ccc(OCC(=O)N(CC)Cc2cccc(Cl)c2)cc1. The Morgan fingerprint density at radius 3 is 2.29 bits per heavy atom. The van der Waals surface area contributed by atoms with Crippen molar-refractivity contribution in [2.24, 2.45) is 0 Å². The molecule has 0 N–H and O–H groups in total. The molecule has 0 heterocycles. The van der Waals surface area contributed by atoms with E-state index in [-0.39, 0.29) is 12.5 Å². The molecular weight excluding hydrogens is 326 g/mol. The highest BCUT2D eigenvalue weighted by Gasteiger charge is 2.13. The van der Waals surface area contributed by atoms with Crippen LogP contribution in [0, 0.1) is 0 Å². The minimum absolute atomic E-state index is 0.00237. The van der Waals surface area contributed by atoms with Crippen LogP contribution in [0.1, 0.15) is 19.4 Å². The summed E-state index contributed by atoms with van der Waals surface area (Å²) in [5.74, 6) is 1.37. The third kappa shape index (κ3) is 5.46. The van der Waals surface area contributed by atoms with Crippen LogP contribution in [0.15, 0.2) is 48.5 Å². The van der Waals surface area contributed by atoms with E-state index in [2.05, 4.69) is 0 Å². The topological polar surface area (TPSA) is 38.8 Å². The van der Waals surface area contributed by atoms with E-state index < -0.39 is 0 Å². The Morgan fingerprint density at radius 2 is 1.71 bits per heavy atom. The minimum Gasteiger partial charge on any atom is -0.494 e. The first-order valence-corrected chi connectivity index (χ1v) is 8.38. The standard InChI is InChI=1S/C19H22ClNO3/c1-3-21(13-15-6-5-7-16(20)12-15)19(22)14-24-18-10-8-17(9-11-18)23-4-2/h5-12H,3-4,13-14H2,1-2H3. The van der Waals surface area contributed by atoms with Crippen LogP contribution in [0.5, 0.6) is 11.5 Å². The van der Waals surface area contributed by atoms with Gasteiger partial charge in [-0.25, -0.2) is 0 Å². The van der Waals surface area contributed by atoms with Crippen molar-refractivity contribution in [1.82, 2.24) is 4.90 Å². The fraction of sp³-hybridized carbons (Fsp3) is 0.316. The van der Waals surface area contributed by atoms with Crippen LogP contribution in [0.25, 0.3) is 0 Å². The molecule has 128 valence electrons. The molecule has 2 rings (SSSR count). The van der Waals surface area contributed by atoms with Crippen molar-refractivity contribution in [2.75, 3.05) is 19.8 Å². The molecule has 0 atom stereocenters. The molecule has 24 heavy (non-hydrogen) atoms. The lowest BCUT2D eigenvalue weighted by Crippen LogP contribution is -2.34. The zero-order valence-electron chi connectivity index (χ0n) is 14.0. The summed E-state index contributed by atoms with van der Waals surface area (Å²) in [6.45, 7) is 5.62. The third-order valence-corrected chi connectivity index (χ3v) is 3.73. The fourth-order valence-electron chi connectivity index (χ4n) is 2.27. The molecule has 0 fully saturated rings. The summed E-state index contributed by atoms with van der Waals surface area (Å²) < 4.78 is 10.9. The van der Waals surface area contributed by atoms with E-state index in [9.17, 15) is 4.79 Å². The van der Waals surface area contributed by atoms with E-state index in [1.165, 1.54) is 0 Å². The lowest BCUT2D eigenvalue weighted by molar-refractivity contribution is -0.133. The Hall–Kier alpha value is -2.20. The predicted molar refractivity (Wildman–Crippen MR) is 95.6 cm³/mol. The largest absolute Gasteiger partial charge is 0.494 e. The average molecular weight is 348 g/mol. The summed E-state index contributed by atoms with van der Waals surface area (Å²) in [6, 6.07) is 14.8. The minimum atomic E-state index is -0.0636. The molecule has 2 aromatic rings. The van der Waals surface area contributed by atoms with E-state index in [4.69, 9.17) is 21.1 Å². The second kappa shape index (κ2) is 9.18. The van der Waals surface area contributed by atoms with E-state index >= 15 is 0 Å². The van der Waals surface area contributed by atoms with Gasteiger partial charge in [-0.15, -0.1) is 0 Å². The van der Waals surface area contributed by atoms with Crippen LogP contribution >= 0.6 is 11.6 Å². The van der Waals surface area contributed by atoms with E-state index in [1.807, 2.05) is 50.2 Å². The number of rotatable bonds is 8. The number of amides is 1. The van der Waals surface area contributed by atoms with E-state index in [1.54, 1.807) is 17.0 Å². The first-order valence-electron chi connectivity index (χ1n) is 8.00. The molecule has 0 aromatic heterocycles. The molecule has 0 aliphatic carbocycles. The Balaban J connectivity index is 1.89. The summed E-state index contributed by atoms with van der Waals surface area (Å²) in [4.78, 5) is 14.1. The van der Waals surface area contributed by atoms with Gasteiger partial charge in [0.15, 0.2) is 6.61 Å². The molecule has 0 spiro atoms. The first-order chi connectivity index (χ1) is 11.6. The quantitative estimate of drug-likeness (QED) is 0.719. The summed E-state index contributed by atoms with van der Waals surface area (Å²) in [7, 11) is 0. The van der Waals surface area contributed by atoms with Crippen LogP contribution in [0.2, 0.25) is 5.02 Å². The van der Waals surface area contributed by atoms with E-state index in [0.717, 1.165) is 11.3 Å². The van der Waals surface area contributed by atoms with Crippen molar-refractivity contribution in [3.63, 3.8) is 0 Å². The highest BCUT2D eigenvalue weighted by molar-refractivity contribution is 6.30. The molecular formula is C19H22ClNO3. The van der Waals surface area contributed by atoms with Crippen LogP contribution in [-0.4, -0.2) is 30.6 Å². The zero-order chi connectivity index (χ0) is 17.4. The Morgan fingerprint density at radius 1 is 1.04 bits per heavy atom. The molecule has 0 radical (unpaired) electrons. The van der Waals surface area contributed by atoms with Crippen LogP contribution < -0.4 is 9.47 Å². The van der Waals surface area contributed by atoms with Gasteiger partial charge in [0.05, 0.1) is 6.61 Å². The molecule has 5 heteroatoms. The van der Waals surface area contributed by atoms with Crippen molar-refractivity contribution in [2.45, 2.75) is 20.4 Å². The molecule has 2 aromatic carbocycles. The number of carbonyl (C=O) groups is 1. The molecule has 0 bridgehead atoms. The van der Waals surface area contributed by atoms with Gasteiger partial charge in [-0.1, -0.05) is 23.7 Å². The van der Waals surface area contributed by atoms with Gasteiger partial charge in [0.2, 0.25) is 0 Å². The highest BCUT2D eigenvalue weighted by atomic mass is 35.5. The summed E-state index contributed by atoms with van der Waals surface area (Å²) >= 11 is 5.99. The van der Waals surface area contributed by atoms with Crippen LogP contribution in [0.3, 0.4) is 0 Å².